The second kappa shape index (κ2) is 9.66. The molecule has 3 N–H and O–H groups in total. The number of carbonyl (C=O) groups excluding carboxylic acids is 2. The highest BCUT2D eigenvalue weighted by molar-refractivity contribution is 5.85. The summed E-state index contributed by atoms with van der Waals surface area (Å²) in [4.78, 5) is 24.7. The average Bonchev–Trinajstić information content (AvgIpc) is 2.51. The van der Waals surface area contributed by atoms with Crippen molar-refractivity contribution in [3.05, 3.63) is 23.8 Å². The van der Waals surface area contributed by atoms with Gasteiger partial charge in [0.15, 0.2) is 11.5 Å². The Kier molecular flexibility index (Phi) is 8.14. The quantitative estimate of drug-likeness (QED) is 0.659. The van der Waals surface area contributed by atoms with E-state index < -0.39 is 17.7 Å². The number of amides is 2. The van der Waals surface area contributed by atoms with Crippen molar-refractivity contribution in [2.24, 2.45) is 5.41 Å². The first-order valence-corrected chi connectivity index (χ1v) is 9.44. The minimum Gasteiger partial charge on any atom is -0.504 e. The number of carbonyl (C=O) groups is 2. The molecule has 7 heteroatoms. The van der Waals surface area contributed by atoms with Gasteiger partial charge in [-0.15, -0.1) is 0 Å². The molecule has 0 aliphatic rings. The Hall–Kier alpha value is -2.44. The van der Waals surface area contributed by atoms with Gasteiger partial charge in [-0.2, -0.15) is 0 Å². The Morgan fingerprint density at radius 2 is 1.79 bits per heavy atom. The first-order valence-electron chi connectivity index (χ1n) is 9.44. The standard InChI is InChI=1S/C21H34N2O5/c1-20(2,3)13-15(23-19(26)28-21(4,5)6)18(25)22-11-10-14-8-9-17(27-7)16(24)12-14/h8-9,12,15,24H,10-11,13H2,1-7H3,(H,22,25)(H,23,26). The number of alkyl carbamates (subject to hydrolysis) is 1. The molecule has 0 aromatic heterocycles. The van der Waals surface area contributed by atoms with Crippen molar-refractivity contribution in [3.63, 3.8) is 0 Å². The summed E-state index contributed by atoms with van der Waals surface area (Å²) in [6.45, 7) is 11.7. The van der Waals surface area contributed by atoms with Crippen molar-refractivity contribution in [1.82, 2.24) is 10.6 Å². The molecule has 0 aliphatic carbocycles. The molecule has 0 bridgehead atoms. The summed E-state index contributed by atoms with van der Waals surface area (Å²) in [6.07, 6.45) is 0.399. The fraction of sp³-hybridized carbons (Fsp3) is 0.619. The molecule has 0 fully saturated rings. The van der Waals surface area contributed by atoms with Crippen LogP contribution in [0.25, 0.3) is 0 Å². The molecule has 2 amide bonds. The predicted molar refractivity (Wildman–Crippen MR) is 109 cm³/mol. The highest BCUT2D eigenvalue weighted by Crippen LogP contribution is 2.26. The fourth-order valence-corrected chi connectivity index (χ4v) is 2.62. The van der Waals surface area contributed by atoms with Gasteiger partial charge < -0.3 is 25.2 Å². The minimum absolute atomic E-state index is 0.0588. The lowest BCUT2D eigenvalue weighted by Gasteiger charge is -2.27. The topological polar surface area (TPSA) is 96.9 Å². The van der Waals surface area contributed by atoms with Crippen LogP contribution < -0.4 is 15.4 Å². The molecule has 0 saturated heterocycles. The molecule has 1 atom stereocenters. The molecular weight excluding hydrogens is 360 g/mol. The molecule has 7 nitrogen and oxygen atoms in total. The number of ether oxygens (including phenoxy) is 2. The maximum absolute atomic E-state index is 12.6. The molecule has 1 aromatic rings. The molecule has 1 unspecified atom stereocenters. The number of phenolic OH excluding ortho intramolecular Hbond substituents is 1. The zero-order chi connectivity index (χ0) is 21.5. The lowest BCUT2D eigenvalue weighted by atomic mass is 9.88. The van der Waals surface area contributed by atoms with Gasteiger partial charge in [-0.1, -0.05) is 26.8 Å². The van der Waals surface area contributed by atoms with Crippen LogP contribution in [-0.4, -0.2) is 42.4 Å². The third-order valence-corrected chi connectivity index (χ3v) is 3.78. The largest absolute Gasteiger partial charge is 0.504 e. The van der Waals surface area contributed by atoms with Crippen LogP contribution in [0.2, 0.25) is 0 Å². The number of hydrogen-bond donors (Lipinski definition) is 3. The van der Waals surface area contributed by atoms with Crippen LogP contribution in [0.15, 0.2) is 18.2 Å². The highest BCUT2D eigenvalue weighted by atomic mass is 16.6. The van der Waals surface area contributed by atoms with Gasteiger partial charge in [0.1, 0.15) is 11.6 Å². The summed E-state index contributed by atoms with van der Waals surface area (Å²) in [5, 5.41) is 15.4. The SMILES string of the molecule is COc1ccc(CCNC(=O)C(CC(C)(C)C)NC(=O)OC(C)(C)C)cc1O. The van der Waals surface area contributed by atoms with Gasteiger partial charge in [0.2, 0.25) is 5.91 Å². The van der Waals surface area contributed by atoms with Crippen molar-refractivity contribution >= 4 is 12.0 Å². The number of nitrogens with one attached hydrogen (secondary N) is 2. The summed E-state index contributed by atoms with van der Waals surface area (Å²) in [5.41, 5.74) is 0.0771. The van der Waals surface area contributed by atoms with E-state index in [0.717, 1.165) is 5.56 Å². The number of rotatable bonds is 7. The fourth-order valence-electron chi connectivity index (χ4n) is 2.62. The molecule has 158 valence electrons. The van der Waals surface area contributed by atoms with E-state index in [1.807, 2.05) is 26.8 Å². The number of methoxy groups -OCH3 is 1. The first-order chi connectivity index (χ1) is 12.8. The van der Waals surface area contributed by atoms with E-state index in [9.17, 15) is 14.7 Å². The van der Waals surface area contributed by atoms with Crippen LogP contribution in [0.3, 0.4) is 0 Å². The van der Waals surface area contributed by atoms with Gasteiger partial charge in [-0.25, -0.2) is 4.79 Å². The number of phenols is 1. The Bertz CT molecular complexity index is 674. The lowest BCUT2D eigenvalue weighted by molar-refractivity contribution is -0.123. The van der Waals surface area contributed by atoms with E-state index >= 15 is 0 Å². The second-order valence-electron chi connectivity index (χ2n) is 9.01. The predicted octanol–water partition coefficient (Wildman–Crippen LogP) is 3.39. The smallest absolute Gasteiger partial charge is 0.408 e. The molecule has 0 saturated carbocycles. The van der Waals surface area contributed by atoms with Crippen molar-refractivity contribution in [3.8, 4) is 11.5 Å². The third kappa shape index (κ3) is 8.97. The Morgan fingerprint density at radius 1 is 1.14 bits per heavy atom. The van der Waals surface area contributed by atoms with E-state index in [1.165, 1.54) is 7.11 Å². The molecule has 0 radical (unpaired) electrons. The van der Waals surface area contributed by atoms with Gasteiger partial charge >= 0.3 is 6.09 Å². The summed E-state index contributed by atoms with van der Waals surface area (Å²) in [5.74, 6) is 0.196. The Morgan fingerprint density at radius 3 is 2.29 bits per heavy atom. The van der Waals surface area contributed by atoms with Crippen molar-refractivity contribution in [1.29, 1.82) is 0 Å². The van der Waals surface area contributed by atoms with Gasteiger partial charge in [-0.3, -0.25) is 4.79 Å². The summed E-state index contributed by atoms with van der Waals surface area (Å²) < 4.78 is 10.3. The van der Waals surface area contributed by atoms with Crippen molar-refractivity contribution in [2.75, 3.05) is 13.7 Å². The zero-order valence-electron chi connectivity index (χ0n) is 18.0. The average molecular weight is 395 g/mol. The number of benzene rings is 1. The maximum Gasteiger partial charge on any atom is 0.408 e. The third-order valence-electron chi connectivity index (χ3n) is 3.78. The van der Waals surface area contributed by atoms with E-state index in [2.05, 4.69) is 10.6 Å². The van der Waals surface area contributed by atoms with Gasteiger partial charge in [0.25, 0.3) is 0 Å². The molecule has 28 heavy (non-hydrogen) atoms. The van der Waals surface area contributed by atoms with Crippen molar-refractivity contribution in [2.45, 2.75) is 66.0 Å². The van der Waals surface area contributed by atoms with Crippen LogP contribution in [0, 0.1) is 5.41 Å². The minimum atomic E-state index is -0.695. The normalized spacial score (nSPS) is 12.8. The summed E-state index contributed by atoms with van der Waals surface area (Å²) >= 11 is 0. The highest BCUT2D eigenvalue weighted by Gasteiger charge is 2.28. The van der Waals surface area contributed by atoms with Crippen LogP contribution in [0.5, 0.6) is 11.5 Å². The van der Waals surface area contributed by atoms with Crippen LogP contribution in [0.1, 0.15) is 53.5 Å². The molecular formula is C21H34N2O5. The molecule has 0 heterocycles. The monoisotopic (exact) mass is 394 g/mol. The summed E-state index contributed by atoms with van der Waals surface area (Å²) in [7, 11) is 1.49. The van der Waals surface area contributed by atoms with E-state index in [-0.39, 0.29) is 17.1 Å². The lowest BCUT2D eigenvalue weighted by Crippen LogP contribution is -2.50. The number of hydrogen-bond acceptors (Lipinski definition) is 5. The Balaban J connectivity index is 2.67. The summed E-state index contributed by atoms with van der Waals surface area (Å²) in [6, 6.07) is 4.42. The molecule has 0 spiro atoms. The van der Waals surface area contributed by atoms with Crippen LogP contribution >= 0.6 is 0 Å². The molecule has 1 rings (SSSR count). The van der Waals surface area contributed by atoms with Gasteiger partial charge in [0, 0.05) is 6.54 Å². The van der Waals surface area contributed by atoms with Gasteiger partial charge in [0.05, 0.1) is 7.11 Å². The zero-order valence-corrected chi connectivity index (χ0v) is 18.0. The first kappa shape index (κ1) is 23.6. The Labute approximate surface area is 167 Å². The van der Waals surface area contributed by atoms with Crippen LogP contribution in [0.4, 0.5) is 4.79 Å². The van der Waals surface area contributed by atoms with E-state index in [1.54, 1.807) is 32.9 Å². The van der Waals surface area contributed by atoms with E-state index in [0.29, 0.717) is 25.1 Å². The van der Waals surface area contributed by atoms with Crippen molar-refractivity contribution < 1.29 is 24.2 Å². The molecule has 0 aliphatic heterocycles. The van der Waals surface area contributed by atoms with Crippen LogP contribution in [-0.2, 0) is 16.0 Å². The maximum atomic E-state index is 12.6. The van der Waals surface area contributed by atoms with E-state index in [4.69, 9.17) is 9.47 Å². The molecule has 1 aromatic carbocycles. The second-order valence-corrected chi connectivity index (χ2v) is 9.01. The van der Waals surface area contributed by atoms with Gasteiger partial charge in [-0.05, 0) is 56.7 Å². The number of aromatic hydroxyl groups is 1.